The summed E-state index contributed by atoms with van der Waals surface area (Å²) in [4.78, 5) is 25.2. The van der Waals surface area contributed by atoms with E-state index in [4.69, 9.17) is 14.2 Å². The molecule has 2 aliphatic rings. The van der Waals surface area contributed by atoms with Gasteiger partial charge in [0.05, 0.1) is 18.2 Å². The molecule has 1 heterocycles. The summed E-state index contributed by atoms with van der Waals surface area (Å²) in [6.45, 7) is 1.24. The van der Waals surface area contributed by atoms with Crippen molar-refractivity contribution in [3.8, 4) is 5.75 Å². The Bertz CT molecular complexity index is 819. The number of piperidine rings is 1. The van der Waals surface area contributed by atoms with Crippen LogP contribution < -0.4 is 4.74 Å². The zero-order chi connectivity index (χ0) is 20.1. The fourth-order valence-electron chi connectivity index (χ4n) is 3.69. The van der Waals surface area contributed by atoms with E-state index in [0.717, 1.165) is 36.8 Å². The van der Waals surface area contributed by atoms with Crippen molar-refractivity contribution < 1.29 is 23.8 Å². The molecule has 2 aromatic rings. The van der Waals surface area contributed by atoms with Gasteiger partial charge in [-0.3, -0.25) is 4.79 Å². The molecule has 1 saturated heterocycles. The Hall–Kier alpha value is -2.86. The Kier molecular flexibility index (Phi) is 6.10. The molecule has 1 aliphatic heterocycles. The topological polar surface area (TPSA) is 65.1 Å². The molecule has 6 heteroatoms. The van der Waals surface area contributed by atoms with Crippen molar-refractivity contribution in [2.24, 2.45) is 0 Å². The molecule has 0 bridgehead atoms. The second-order valence-electron chi connectivity index (χ2n) is 7.51. The van der Waals surface area contributed by atoms with Crippen molar-refractivity contribution in [1.29, 1.82) is 0 Å². The Balaban J connectivity index is 1.46. The van der Waals surface area contributed by atoms with Crippen molar-refractivity contribution >= 4 is 12.6 Å². The molecule has 29 heavy (non-hydrogen) atoms. The number of carbonyl (C=O) groups is 2. The van der Waals surface area contributed by atoms with Crippen LogP contribution in [-0.2, 0) is 20.9 Å². The summed E-state index contributed by atoms with van der Waals surface area (Å²) in [6.07, 6.45) is 3.97. The molecule has 0 spiro atoms. The molecule has 0 N–H and O–H groups in total. The van der Waals surface area contributed by atoms with Gasteiger partial charge in [0.15, 0.2) is 0 Å². The van der Waals surface area contributed by atoms with E-state index in [2.05, 4.69) is 0 Å². The third-order valence-corrected chi connectivity index (χ3v) is 5.35. The number of benzene rings is 2. The highest BCUT2D eigenvalue weighted by molar-refractivity contribution is 5.68. The first-order chi connectivity index (χ1) is 14.2. The van der Waals surface area contributed by atoms with Crippen molar-refractivity contribution in [3.63, 3.8) is 0 Å². The molecule has 0 aromatic heterocycles. The highest BCUT2D eigenvalue weighted by atomic mass is 16.6. The molecule has 2 fully saturated rings. The van der Waals surface area contributed by atoms with E-state index in [1.807, 2.05) is 42.5 Å². The van der Waals surface area contributed by atoms with Crippen LogP contribution in [-0.4, -0.2) is 36.2 Å². The smallest absolute Gasteiger partial charge is 0.410 e. The maximum absolute atomic E-state index is 12.9. The van der Waals surface area contributed by atoms with E-state index < -0.39 is 0 Å². The third kappa shape index (κ3) is 5.15. The van der Waals surface area contributed by atoms with Gasteiger partial charge in [-0.2, -0.15) is 0 Å². The lowest BCUT2D eigenvalue weighted by molar-refractivity contribution is -0.120. The molecule has 1 saturated carbocycles. The predicted molar refractivity (Wildman–Crippen MR) is 106 cm³/mol. The largest absolute Gasteiger partial charge is 0.445 e. The van der Waals surface area contributed by atoms with Crippen molar-refractivity contribution in [3.05, 3.63) is 65.7 Å². The van der Waals surface area contributed by atoms with E-state index in [1.54, 1.807) is 17.0 Å². The van der Waals surface area contributed by atoms with Gasteiger partial charge in [-0.1, -0.05) is 42.5 Å². The Morgan fingerprint density at radius 1 is 1.00 bits per heavy atom. The molecule has 6 nitrogen and oxygen atoms in total. The first-order valence-corrected chi connectivity index (χ1v) is 10.1. The number of nitrogens with zero attached hydrogens (tertiary/aromatic N) is 1. The summed E-state index contributed by atoms with van der Waals surface area (Å²) in [6, 6.07) is 16.8. The minimum absolute atomic E-state index is 0.136. The van der Waals surface area contributed by atoms with Gasteiger partial charge in [-0.15, -0.1) is 0 Å². The van der Waals surface area contributed by atoms with Crippen molar-refractivity contribution in [2.45, 2.75) is 50.5 Å². The standard InChI is InChI=1S/C23H25NO5/c25-16-28-19-8-6-18(7-9-19)22-14-21(29-20-10-11-20)12-13-24(22)23(26)27-15-17-4-2-1-3-5-17/h1-9,16,20-22H,10-15H2/t21-,22-/m0/s1. The van der Waals surface area contributed by atoms with Gasteiger partial charge in [-0.25, -0.2) is 4.79 Å². The molecule has 1 amide bonds. The Morgan fingerprint density at radius 2 is 1.76 bits per heavy atom. The molecule has 152 valence electrons. The lowest BCUT2D eigenvalue weighted by Gasteiger charge is -2.39. The minimum Gasteiger partial charge on any atom is -0.445 e. The molecule has 2 atom stereocenters. The lowest BCUT2D eigenvalue weighted by atomic mass is 9.93. The monoisotopic (exact) mass is 395 g/mol. The first-order valence-electron chi connectivity index (χ1n) is 10.1. The van der Waals surface area contributed by atoms with E-state index in [-0.39, 0.29) is 24.8 Å². The molecular formula is C23H25NO5. The van der Waals surface area contributed by atoms with Crippen LogP contribution in [0.15, 0.2) is 54.6 Å². The van der Waals surface area contributed by atoms with Gasteiger partial charge in [-0.05, 0) is 48.9 Å². The van der Waals surface area contributed by atoms with Crippen LogP contribution in [0.3, 0.4) is 0 Å². The van der Waals surface area contributed by atoms with Crippen LogP contribution in [0.4, 0.5) is 4.79 Å². The van der Waals surface area contributed by atoms with Crippen molar-refractivity contribution in [1.82, 2.24) is 4.90 Å². The second-order valence-corrected chi connectivity index (χ2v) is 7.51. The lowest BCUT2D eigenvalue weighted by Crippen LogP contribution is -2.43. The van der Waals surface area contributed by atoms with Gasteiger partial charge >= 0.3 is 6.09 Å². The van der Waals surface area contributed by atoms with Gasteiger partial charge < -0.3 is 19.1 Å². The summed E-state index contributed by atoms with van der Waals surface area (Å²) in [5.41, 5.74) is 1.93. The highest BCUT2D eigenvalue weighted by Crippen LogP contribution is 2.36. The van der Waals surface area contributed by atoms with Crippen LogP contribution in [0.25, 0.3) is 0 Å². The van der Waals surface area contributed by atoms with Crippen LogP contribution in [0.2, 0.25) is 0 Å². The average Bonchev–Trinajstić information content (AvgIpc) is 3.57. The number of rotatable bonds is 7. The van der Waals surface area contributed by atoms with Crippen LogP contribution in [0.1, 0.15) is 42.9 Å². The van der Waals surface area contributed by atoms with Crippen LogP contribution in [0, 0.1) is 0 Å². The summed E-state index contributed by atoms with van der Waals surface area (Å²) >= 11 is 0. The normalized spacial score (nSPS) is 21.4. The molecule has 0 unspecified atom stereocenters. The van der Waals surface area contributed by atoms with E-state index >= 15 is 0 Å². The fraction of sp³-hybridized carbons (Fsp3) is 0.391. The zero-order valence-corrected chi connectivity index (χ0v) is 16.2. The van der Waals surface area contributed by atoms with Crippen LogP contribution in [0.5, 0.6) is 5.75 Å². The maximum atomic E-state index is 12.9. The predicted octanol–water partition coefficient (Wildman–Crippen LogP) is 4.24. The Labute approximate surface area is 170 Å². The first kappa shape index (κ1) is 19.5. The van der Waals surface area contributed by atoms with Crippen LogP contribution >= 0.6 is 0 Å². The minimum atomic E-state index is -0.322. The molecule has 0 radical (unpaired) electrons. The highest BCUT2D eigenvalue weighted by Gasteiger charge is 2.36. The van der Waals surface area contributed by atoms with Gasteiger partial charge in [0.1, 0.15) is 12.4 Å². The molecular weight excluding hydrogens is 370 g/mol. The number of ether oxygens (including phenoxy) is 3. The number of likely N-dealkylation sites (tertiary alicyclic amines) is 1. The van der Waals surface area contributed by atoms with E-state index in [1.165, 1.54) is 0 Å². The fourth-order valence-corrected chi connectivity index (χ4v) is 3.69. The van der Waals surface area contributed by atoms with Gasteiger partial charge in [0.2, 0.25) is 0 Å². The number of amides is 1. The van der Waals surface area contributed by atoms with E-state index in [0.29, 0.717) is 24.9 Å². The molecule has 4 rings (SSSR count). The summed E-state index contributed by atoms with van der Waals surface area (Å²) < 4.78 is 16.6. The van der Waals surface area contributed by atoms with E-state index in [9.17, 15) is 9.59 Å². The maximum Gasteiger partial charge on any atom is 0.410 e. The SMILES string of the molecule is O=COc1ccc([C@@H]2C[C@@H](OC3CC3)CCN2C(=O)OCc2ccccc2)cc1. The number of hydrogen-bond donors (Lipinski definition) is 0. The average molecular weight is 395 g/mol. The molecule has 1 aliphatic carbocycles. The Morgan fingerprint density at radius 3 is 2.45 bits per heavy atom. The van der Waals surface area contributed by atoms with Gasteiger partial charge in [0.25, 0.3) is 6.47 Å². The summed E-state index contributed by atoms with van der Waals surface area (Å²) in [5.74, 6) is 0.476. The second kappa shape index (κ2) is 9.09. The summed E-state index contributed by atoms with van der Waals surface area (Å²) in [5, 5.41) is 0. The number of hydrogen-bond acceptors (Lipinski definition) is 5. The van der Waals surface area contributed by atoms with Gasteiger partial charge in [0, 0.05) is 6.54 Å². The number of carbonyl (C=O) groups excluding carboxylic acids is 2. The quantitative estimate of drug-likeness (QED) is 0.656. The summed E-state index contributed by atoms with van der Waals surface area (Å²) in [7, 11) is 0. The zero-order valence-electron chi connectivity index (χ0n) is 16.2. The van der Waals surface area contributed by atoms with Crippen molar-refractivity contribution in [2.75, 3.05) is 6.54 Å². The molecule has 2 aromatic carbocycles. The third-order valence-electron chi connectivity index (χ3n) is 5.35.